The van der Waals surface area contributed by atoms with Crippen LogP contribution in [-0.2, 0) is 6.54 Å². The minimum atomic E-state index is -1.01. The first kappa shape index (κ1) is 24.0. The maximum absolute atomic E-state index is 13.5. The topological polar surface area (TPSA) is 110 Å². The van der Waals surface area contributed by atoms with Gasteiger partial charge in [-0.25, -0.2) is 14.5 Å². The van der Waals surface area contributed by atoms with Gasteiger partial charge in [0.25, 0.3) is 0 Å². The normalized spacial score (nSPS) is 12.0. The molecule has 0 aliphatic heterocycles. The molecule has 0 amide bonds. The molecule has 8 nitrogen and oxygen atoms in total. The number of aryl methyl sites for hydroxylation is 1. The Morgan fingerprint density at radius 3 is 2.57 bits per heavy atom. The number of nitrogens with zero attached hydrogens (tertiary/aromatic N) is 3. The van der Waals surface area contributed by atoms with E-state index in [9.17, 15) is 14.7 Å². The summed E-state index contributed by atoms with van der Waals surface area (Å²) in [6.45, 7) is 6.21. The average molecular weight is 495 g/mol. The lowest BCUT2D eigenvalue weighted by molar-refractivity contribution is 0.0698. The summed E-state index contributed by atoms with van der Waals surface area (Å²) >= 11 is 0. The minimum absolute atomic E-state index is 0.0916. The third-order valence-electron chi connectivity index (χ3n) is 6.42. The number of nitrogens with one attached hydrogen (secondary N) is 1. The summed E-state index contributed by atoms with van der Waals surface area (Å²) in [6.07, 6.45) is 3.16. The van der Waals surface area contributed by atoms with Gasteiger partial charge in [0.05, 0.1) is 23.5 Å². The molecular weight excluding hydrogens is 468 g/mol. The SMILES string of the molecule is Cc1cc(C(C)Nc2ccccc2C(=O)O)c2oc(-c3ccc(Cn4cncn4)cc3)c(C)c(=O)c2c1. The number of carboxylic acid groups (broad SMARTS) is 1. The number of aromatic carboxylic acids is 1. The molecule has 0 saturated heterocycles. The van der Waals surface area contributed by atoms with Gasteiger partial charge in [-0.05, 0) is 50.1 Å². The number of aromatic nitrogens is 3. The van der Waals surface area contributed by atoms with Crippen molar-refractivity contribution in [2.24, 2.45) is 0 Å². The predicted molar refractivity (Wildman–Crippen MR) is 142 cm³/mol. The molecular formula is C29H26N4O4. The smallest absolute Gasteiger partial charge is 0.337 e. The fourth-order valence-corrected chi connectivity index (χ4v) is 4.53. The lowest BCUT2D eigenvalue weighted by Gasteiger charge is -2.20. The number of fused-ring (bicyclic) bond motifs is 1. The molecule has 0 spiro atoms. The summed E-state index contributed by atoms with van der Waals surface area (Å²) in [5, 5.41) is 17.5. The van der Waals surface area contributed by atoms with Crippen LogP contribution in [0.2, 0.25) is 0 Å². The molecule has 0 aliphatic rings. The lowest BCUT2D eigenvalue weighted by atomic mass is 9.98. The minimum Gasteiger partial charge on any atom is -0.478 e. The number of anilines is 1. The number of hydrogen-bond acceptors (Lipinski definition) is 6. The zero-order valence-corrected chi connectivity index (χ0v) is 20.7. The number of hydrogen-bond donors (Lipinski definition) is 2. The van der Waals surface area contributed by atoms with Crippen molar-refractivity contribution < 1.29 is 14.3 Å². The second-order valence-corrected chi connectivity index (χ2v) is 9.12. The first-order valence-electron chi connectivity index (χ1n) is 11.9. The van der Waals surface area contributed by atoms with Crippen molar-refractivity contribution in [1.82, 2.24) is 14.8 Å². The van der Waals surface area contributed by atoms with Crippen molar-refractivity contribution in [3.8, 4) is 11.3 Å². The van der Waals surface area contributed by atoms with Crippen LogP contribution in [0.15, 0.2) is 82.5 Å². The van der Waals surface area contributed by atoms with E-state index in [0.29, 0.717) is 34.5 Å². The average Bonchev–Trinajstić information content (AvgIpc) is 3.40. The van der Waals surface area contributed by atoms with Crippen molar-refractivity contribution in [2.75, 3.05) is 5.32 Å². The zero-order chi connectivity index (χ0) is 26.1. The zero-order valence-electron chi connectivity index (χ0n) is 20.7. The number of rotatable bonds is 7. The third kappa shape index (κ3) is 4.73. The van der Waals surface area contributed by atoms with Crippen LogP contribution >= 0.6 is 0 Å². The van der Waals surface area contributed by atoms with E-state index in [1.165, 1.54) is 6.33 Å². The van der Waals surface area contributed by atoms with E-state index < -0.39 is 5.97 Å². The summed E-state index contributed by atoms with van der Waals surface area (Å²) in [6, 6.07) is 18.0. The van der Waals surface area contributed by atoms with Gasteiger partial charge in [-0.2, -0.15) is 5.10 Å². The number of carboxylic acids is 1. The molecule has 1 atom stereocenters. The Labute approximate surface area is 213 Å². The van der Waals surface area contributed by atoms with Crippen molar-refractivity contribution in [1.29, 1.82) is 0 Å². The molecule has 0 bridgehead atoms. The molecule has 5 aromatic rings. The van der Waals surface area contributed by atoms with Gasteiger partial charge in [-0.3, -0.25) is 4.79 Å². The van der Waals surface area contributed by atoms with Crippen LogP contribution < -0.4 is 10.7 Å². The van der Waals surface area contributed by atoms with Gasteiger partial charge in [-0.1, -0.05) is 42.5 Å². The van der Waals surface area contributed by atoms with E-state index in [2.05, 4.69) is 15.4 Å². The Bertz CT molecular complexity index is 1650. The molecule has 3 aromatic carbocycles. The molecule has 8 heteroatoms. The second-order valence-electron chi connectivity index (χ2n) is 9.12. The van der Waals surface area contributed by atoms with Crippen molar-refractivity contribution in [3.63, 3.8) is 0 Å². The Morgan fingerprint density at radius 1 is 1.11 bits per heavy atom. The summed E-state index contributed by atoms with van der Waals surface area (Å²) in [4.78, 5) is 29.1. The van der Waals surface area contributed by atoms with Gasteiger partial charge in [0.1, 0.15) is 24.0 Å². The predicted octanol–water partition coefficient (Wildman–Crippen LogP) is 5.59. The van der Waals surface area contributed by atoms with Gasteiger partial charge in [0.2, 0.25) is 0 Å². The molecule has 2 aromatic heterocycles. The Balaban J connectivity index is 1.57. The van der Waals surface area contributed by atoms with Gasteiger partial charge < -0.3 is 14.8 Å². The van der Waals surface area contributed by atoms with Gasteiger partial charge in [0, 0.05) is 22.4 Å². The second kappa shape index (κ2) is 9.73. The summed E-state index contributed by atoms with van der Waals surface area (Å²) in [5.74, 6) is -0.505. The fraction of sp³-hybridized carbons (Fsp3) is 0.172. The quantitative estimate of drug-likeness (QED) is 0.303. The highest BCUT2D eigenvalue weighted by atomic mass is 16.4. The van der Waals surface area contributed by atoms with Crippen molar-refractivity contribution in [3.05, 3.63) is 111 Å². The Kier molecular flexibility index (Phi) is 6.31. The molecule has 0 aliphatic carbocycles. The van der Waals surface area contributed by atoms with Crippen LogP contribution in [0.1, 0.15) is 45.6 Å². The van der Waals surface area contributed by atoms with Crippen molar-refractivity contribution >= 4 is 22.6 Å². The highest BCUT2D eigenvalue weighted by Gasteiger charge is 2.20. The molecule has 186 valence electrons. The first-order valence-corrected chi connectivity index (χ1v) is 11.9. The maximum Gasteiger partial charge on any atom is 0.337 e. The molecule has 0 fully saturated rings. The third-order valence-corrected chi connectivity index (χ3v) is 6.42. The van der Waals surface area contributed by atoms with Crippen LogP contribution in [0.5, 0.6) is 0 Å². The number of para-hydroxylation sites is 1. The molecule has 0 saturated carbocycles. The van der Waals surface area contributed by atoms with E-state index in [4.69, 9.17) is 4.42 Å². The molecule has 37 heavy (non-hydrogen) atoms. The fourth-order valence-electron chi connectivity index (χ4n) is 4.53. The van der Waals surface area contributed by atoms with Gasteiger partial charge in [0.15, 0.2) is 5.43 Å². The molecule has 0 radical (unpaired) electrons. The van der Waals surface area contributed by atoms with Crippen LogP contribution in [0.3, 0.4) is 0 Å². The Hall–Kier alpha value is -4.72. The van der Waals surface area contributed by atoms with E-state index in [-0.39, 0.29) is 17.0 Å². The maximum atomic E-state index is 13.5. The molecule has 2 heterocycles. The first-order chi connectivity index (χ1) is 17.8. The molecule has 2 N–H and O–H groups in total. The van der Waals surface area contributed by atoms with Crippen LogP contribution in [-0.4, -0.2) is 25.8 Å². The van der Waals surface area contributed by atoms with Gasteiger partial charge >= 0.3 is 5.97 Å². The Morgan fingerprint density at radius 2 is 1.86 bits per heavy atom. The van der Waals surface area contributed by atoms with Gasteiger partial charge in [-0.15, -0.1) is 0 Å². The van der Waals surface area contributed by atoms with Crippen LogP contribution in [0, 0.1) is 13.8 Å². The van der Waals surface area contributed by atoms with E-state index >= 15 is 0 Å². The summed E-state index contributed by atoms with van der Waals surface area (Å²) < 4.78 is 8.18. The molecule has 1 unspecified atom stereocenters. The van der Waals surface area contributed by atoms with Crippen LogP contribution in [0.4, 0.5) is 5.69 Å². The number of benzene rings is 3. The van der Waals surface area contributed by atoms with Crippen molar-refractivity contribution in [2.45, 2.75) is 33.4 Å². The van der Waals surface area contributed by atoms with E-state index in [1.807, 2.05) is 50.2 Å². The van der Waals surface area contributed by atoms with Crippen LogP contribution in [0.25, 0.3) is 22.3 Å². The summed E-state index contributed by atoms with van der Waals surface area (Å²) in [5.41, 5.74) is 5.12. The lowest BCUT2D eigenvalue weighted by Crippen LogP contribution is -2.14. The molecule has 5 rings (SSSR count). The number of carbonyl (C=O) groups is 1. The standard InChI is InChI=1S/C29H26N4O4/c1-17-12-23(19(3)32-25-7-5-4-6-22(25)29(35)36)28-24(13-17)26(34)18(2)27(37-28)21-10-8-20(9-11-21)14-33-16-30-15-31-33/h4-13,15-16,19,32H,14H2,1-3H3,(H,35,36). The largest absolute Gasteiger partial charge is 0.478 e. The monoisotopic (exact) mass is 494 g/mol. The van der Waals surface area contributed by atoms with E-state index in [0.717, 1.165) is 22.3 Å². The highest BCUT2D eigenvalue weighted by Crippen LogP contribution is 2.32. The highest BCUT2D eigenvalue weighted by molar-refractivity contribution is 5.94. The summed E-state index contributed by atoms with van der Waals surface area (Å²) in [7, 11) is 0. The van der Waals surface area contributed by atoms with E-state index in [1.54, 1.807) is 42.2 Å².